The normalized spacial score (nSPS) is 18.5. The van der Waals surface area contributed by atoms with Crippen molar-refractivity contribution in [3.8, 4) is 16.9 Å². The summed E-state index contributed by atoms with van der Waals surface area (Å²) in [5.41, 5.74) is 3.97. The Morgan fingerprint density at radius 2 is 1.90 bits per heavy atom. The first-order valence-electron chi connectivity index (χ1n) is 10.7. The molecule has 6 nitrogen and oxygen atoms in total. The zero-order valence-electron chi connectivity index (χ0n) is 17.3. The third-order valence-electron chi connectivity index (χ3n) is 6.63. The number of carbonyl (C=O) groups excluding carboxylic acids is 1. The van der Waals surface area contributed by atoms with Gasteiger partial charge in [0.2, 0.25) is 5.91 Å². The van der Waals surface area contributed by atoms with Crippen molar-refractivity contribution in [3.05, 3.63) is 54.5 Å². The summed E-state index contributed by atoms with van der Waals surface area (Å²) in [6.45, 7) is 3.48. The quantitative estimate of drug-likeness (QED) is 0.706. The minimum absolute atomic E-state index is 0.0259. The number of nitrogens with zero attached hydrogens (tertiary/aromatic N) is 3. The molecular weight excluding hydrogens is 378 g/mol. The Morgan fingerprint density at radius 3 is 2.57 bits per heavy atom. The molecule has 6 heteroatoms. The van der Waals surface area contributed by atoms with Crippen LogP contribution in [-0.2, 0) is 4.79 Å². The minimum atomic E-state index is -0.471. The van der Waals surface area contributed by atoms with Gasteiger partial charge in [0.15, 0.2) is 0 Å². The van der Waals surface area contributed by atoms with E-state index < -0.39 is 5.41 Å². The number of rotatable bonds is 5. The standard InChI is InChI=1S/C24H27N3O3/c1-17-21(6-7-22-25-12-15-27(17)22)18-2-4-19(5-3-18)30-20-8-13-26(14-9-20)23(29)24(16-28)10-11-24/h2-7,12,15,20,28H,8-11,13-14,16H2,1H3. The molecule has 2 aliphatic rings. The number of aliphatic hydroxyl groups is 1. The van der Waals surface area contributed by atoms with E-state index in [2.05, 4.69) is 34.5 Å². The Bertz CT molecular complexity index is 1060. The van der Waals surface area contributed by atoms with E-state index in [1.54, 1.807) is 0 Å². The van der Waals surface area contributed by atoms with Crippen LogP contribution in [0.15, 0.2) is 48.8 Å². The van der Waals surface area contributed by atoms with E-state index >= 15 is 0 Å². The lowest BCUT2D eigenvalue weighted by Crippen LogP contribution is -2.45. The summed E-state index contributed by atoms with van der Waals surface area (Å²) in [6.07, 6.45) is 7.20. The number of likely N-dealkylation sites (tertiary alicyclic amines) is 1. The molecule has 1 amide bonds. The van der Waals surface area contributed by atoms with Crippen LogP contribution < -0.4 is 4.74 Å². The molecule has 30 heavy (non-hydrogen) atoms. The van der Waals surface area contributed by atoms with E-state index in [0.29, 0.717) is 13.1 Å². The van der Waals surface area contributed by atoms with Gasteiger partial charge in [-0.2, -0.15) is 0 Å². The van der Waals surface area contributed by atoms with Crippen LogP contribution >= 0.6 is 0 Å². The molecule has 2 fully saturated rings. The summed E-state index contributed by atoms with van der Waals surface area (Å²) in [4.78, 5) is 18.8. The summed E-state index contributed by atoms with van der Waals surface area (Å²) in [6, 6.07) is 12.4. The fourth-order valence-electron chi connectivity index (χ4n) is 4.44. The summed E-state index contributed by atoms with van der Waals surface area (Å²) >= 11 is 0. The number of ether oxygens (including phenoxy) is 1. The molecule has 156 valence electrons. The molecule has 2 aromatic heterocycles. The van der Waals surface area contributed by atoms with Crippen molar-refractivity contribution < 1.29 is 14.6 Å². The fraction of sp³-hybridized carbons (Fsp3) is 0.417. The number of fused-ring (bicyclic) bond motifs is 1. The number of imidazole rings is 1. The Hall–Kier alpha value is -2.86. The molecule has 0 unspecified atom stereocenters. The maximum absolute atomic E-state index is 12.6. The molecule has 1 aliphatic heterocycles. The highest BCUT2D eigenvalue weighted by Crippen LogP contribution is 2.47. The Labute approximate surface area is 176 Å². The molecule has 3 aromatic rings. The van der Waals surface area contributed by atoms with Gasteiger partial charge in [-0.25, -0.2) is 4.98 Å². The number of benzene rings is 1. The second kappa shape index (κ2) is 7.43. The van der Waals surface area contributed by atoms with Gasteiger partial charge in [0, 0.05) is 49.6 Å². The van der Waals surface area contributed by atoms with Crippen molar-refractivity contribution in [1.82, 2.24) is 14.3 Å². The van der Waals surface area contributed by atoms with Crippen molar-refractivity contribution in [2.75, 3.05) is 19.7 Å². The van der Waals surface area contributed by atoms with Crippen LogP contribution in [0.25, 0.3) is 16.8 Å². The van der Waals surface area contributed by atoms with Crippen LogP contribution in [0.3, 0.4) is 0 Å². The molecule has 1 saturated heterocycles. The predicted octanol–water partition coefficient (Wildman–Crippen LogP) is 3.45. The van der Waals surface area contributed by atoms with E-state index in [1.807, 2.05) is 35.5 Å². The van der Waals surface area contributed by atoms with Crippen LogP contribution in [-0.4, -0.2) is 51.1 Å². The van der Waals surface area contributed by atoms with Gasteiger partial charge >= 0.3 is 0 Å². The Balaban J connectivity index is 1.22. The van der Waals surface area contributed by atoms with E-state index in [-0.39, 0.29) is 18.6 Å². The average Bonchev–Trinajstić information content (AvgIpc) is 3.43. The maximum Gasteiger partial charge on any atom is 0.231 e. The lowest BCUT2D eigenvalue weighted by atomic mass is 10.0. The molecule has 1 aromatic carbocycles. The Kier molecular flexibility index (Phi) is 4.74. The highest BCUT2D eigenvalue weighted by atomic mass is 16.5. The lowest BCUT2D eigenvalue weighted by Gasteiger charge is -2.34. The van der Waals surface area contributed by atoms with E-state index in [9.17, 15) is 9.90 Å². The zero-order valence-corrected chi connectivity index (χ0v) is 17.3. The first kappa shape index (κ1) is 19.1. The van der Waals surface area contributed by atoms with Gasteiger partial charge in [-0.15, -0.1) is 0 Å². The molecular formula is C24H27N3O3. The van der Waals surface area contributed by atoms with Crippen molar-refractivity contribution in [1.29, 1.82) is 0 Å². The van der Waals surface area contributed by atoms with Gasteiger partial charge in [0.1, 0.15) is 17.5 Å². The molecule has 0 spiro atoms. The number of amides is 1. The molecule has 0 atom stereocenters. The van der Waals surface area contributed by atoms with Crippen LogP contribution in [0, 0.1) is 12.3 Å². The van der Waals surface area contributed by atoms with Crippen molar-refractivity contribution in [2.45, 2.75) is 38.7 Å². The highest BCUT2D eigenvalue weighted by Gasteiger charge is 2.51. The number of aromatic nitrogens is 2. The third-order valence-corrected chi connectivity index (χ3v) is 6.63. The molecule has 0 bridgehead atoms. The predicted molar refractivity (Wildman–Crippen MR) is 114 cm³/mol. The van der Waals surface area contributed by atoms with Gasteiger partial charge in [0.25, 0.3) is 0 Å². The number of aryl methyl sites for hydroxylation is 1. The maximum atomic E-state index is 12.6. The van der Waals surface area contributed by atoms with Gasteiger partial charge < -0.3 is 19.1 Å². The van der Waals surface area contributed by atoms with Crippen LogP contribution in [0.1, 0.15) is 31.4 Å². The lowest BCUT2D eigenvalue weighted by molar-refractivity contribution is -0.140. The van der Waals surface area contributed by atoms with E-state index in [4.69, 9.17) is 4.74 Å². The fourth-order valence-corrected chi connectivity index (χ4v) is 4.44. The van der Waals surface area contributed by atoms with Gasteiger partial charge in [-0.1, -0.05) is 12.1 Å². The summed E-state index contributed by atoms with van der Waals surface area (Å²) < 4.78 is 8.28. The largest absolute Gasteiger partial charge is 0.490 e. The van der Waals surface area contributed by atoms with Crippen molar-refractivity contribution in [3.63, 3.8) is 0 Å². The van der Waals surface area contributed by atoms with E-state index in [0.717, 1.165) is 48.3 Å². The molecule has 1 N–H and O–H groups in total. The first-order chi connectivity index (χ1) is 14.6. The number of piperidine rings is 1. The summed E-state index contributed by atoms with van der Waals surface area (Å²) in [7, 11) is 0. The molecule has 0 radical (unpaired) electrons. The SMILES string of the molecule is Cc1c(-c2ccc(OC3CCN(C(=O)C4(CO)CC4)CC3)cc2)ccc2nccn12. The summed E-state index contributed by atoms with van der Waals surface area (Å²) in [5.74, 6) is 0.983. The Morgan fingerprint density at radius 1 is 1.17 bits per heavy atom. The van der Waals surface area contributed by atoms with Gasteiger partial charge in [-0.3, -0.25) is 4.79 Å². The number of carbonyl (C=O) groups is 1. The number of aliphatic hydroxyl groups excluding tert-OH is 1. The van der Waals surface area contributed by atoms with Gasteiger partial charge in [-0.05, 0) is 49.6 Å². The highest BCUT2D eigenvalue weighted by molar-refractivity contribution is 5.85. The molecule has 1 aliphatic carbocycles. The number of hydrogen-bond acceptors (Lipinski definition) is 4. The van der Waals surface area contributed by atoms with Gasteiger partial charge in [0.05, 0.1) is 12.0 Å². The average molecular weight is 405 g/mol. The van der Waals surface area contributed by atoms with Crippen LogP contribution in [0.5, 0.6) is 5.75 Å². The third kappa shape index (κ3) is 3.35. The van der Waals surface area contributed by atoms with Crippen molar-refractivity contribution >= 4 is 11.6 Å². The van der Waals surface area contributed by atoms with E-state index in [1.165, 1.54) is 5.56 Å². The molecule has 1 saturated carbocycles. The zero-order chi connectivity index (χ0) is 20.7. The molecule has 5 rings (SSSR count). The topological polar surface area (TPSA) is 67.1 Å². The number of pyridine rings is 1. The van der Waals surface area contributed by atoms with Crippen LogP contribution in [0.2, 0.25) is 0 Å². The minimum Gasteiger partial charge on any atom is -0.490 e. The molecule has 3 heterocycles. The smallest absolute Gasteiger partial charge is 0.231 e. The monoisotopic (exact) mass is 405 g/mol. The first-order valence-corrected chi connectivity index (χ1v) is 10.7. The van der Waals surface area contributed by atoms with Crippen LogP contribution in [0.4, 0.5) is 0 Å². The van der Waals surface area contributed by atoms with Crippen molar-refractivity contribution in [2.24, 2.45) is 5.41 Å². The number of hydrogen-bond donors (Lipinski definition) is 1. The second-order valence-corrected chi connectivity index (χ2v) is 8.56. The summed E-state index contributed by atoms with van der Waals surface area (Å²) in [5, 5.41) is 9.49. The second-order valence-electron chi connectivity index (χ2n) is 8.56.